The Morgan fingerprint density at radius 1 is 1.40 bits per heavy atom. The van der Waals surface area contributed by atoms with Crippen molar-refractivity contribution in [1.82, 2.24) is 5.32 Å². The molecule has 1 saturated carbocycles. The topological polar surface area (TPSA) is 85.6 Å². The lowest BCUT2D eigenvalue weighted by molar-refractivity contribution is -0.156. The first-order valence-electron chi connectivity index (χ1n) is 6.70. The Hall–Kier alpha value is -2.11. The van der Waals surface area contributed by atoms with Crippen LogP contribution >= 0.6 is 0 Å². The zero-order valence-electron chi connectivity index (χ0n) is 11.1. The van der Waals surface area contributed by atoms with Gasteiger partial charge in [0.05, 0.1) is 12.7 Å². The number of esters is 1. The number of nitrogens with one attached hydrogen (secondary N) is 1. The number of furan rings is 1. The molecule has 0 aliphatic heterocycles. The van der Waals surface area contributed by atoms with Crippen molar-refractivity contribution < 1.29 is 23.5 Å². The van der Waals surface area contributed by atoms with Crippen LogP contribution in [0.3, 0.4) is 0 Å². The molecular weight excluding hydrogens is 262 g/mol. The van der Waals surface area contributed by atoms with Crippen molar-refractivity contribution in [3.63, 3.8) is 0 Å². The molecule has 1 aromatic rings. The minimum absolute atomic E-state index is 0.00998. The van der Waals surface area contributed by atoms with Gasteiger partial charge in [-0.05, 0) is 31.4 Å². The number of hydrogen-bond acceptors (Lipinski definition) is 5. The lowest BCUT2D eigenvalue weighted by atomic mass is 9.96. The van der Waals surface area contributed by atoms with E-state index in [1.807, 2.05) is 0 Å². The van der Waals surface area contributed by atoms with Crippen molar-refractivity contribution in [3.8, 4) is 0 Å². The number of ether oxygens (including phenoxy) is 1. The van der Waals surface area contributed by atoms with E-state index in [0.717, 1.165) is 12.8 Å². The summed E-state index contributed by atoms with van der Waals surface area (Å²) in [5, 5.41) is 2.55. The molecule has 0 radical (unpaired) electrons. The highest BCUT2D eigenvalue weighted by Gasteiger charge is 2.25. The summed E-state index contributed by atoms with van der Waals surface area (Å²) in [5.41, 5.74) is 0. The van der Waals surface area contributed by atoms with Crippen LogP contribution in [-0.2, 0) is 14.3 Å². The summed E-state index contributed by atoms with van der Waals surface area (Å²) in [6.07, 6.45) is 3.69. The van der Waals surface area contributed by atoms with Crippen molar-refractivity contribution in [3.05, 3.63) is 24.2 Å². The van der Waals surface area contributed by atoms with Gasteiger partial charge in [-0.3, -0.25) is 14.4 Å². The molecule has 108 valence electrons. The third-order valence-electron chi connectivity index (χ3n) is 3.13. The van der Waals surface area contributed by atoms with Crippen LogP contribution in [0.4, 0.5) is 0 Å². The van der Waals surface area contributed by atoms with E-state index in [-0.39, 0.29) is 30.4 Å². The summed E-state index contributed by atoms with van der Waals surface area (Å²) in [5.74, 6) is -0.661. The number of carbonyl (C=O) groups excluding carboxylic acids is 3. The molecule has 0 bridgehead atoms. The van der Waals surface area contributed by atoms with Crippen molar-refractivity contribution in [2.45, 2.75) is 38.2 Å². The van der Waals surface area contributed by atoms with E-state index in [2.05, 4.69) is 5.32 Å². The Kier molecular flexibility index (Phi) is 4.92. The summed E-state index contributed by atoms with van der Waals surface area (Å²) in [7, 11) is 0. The lowest BCUT2D eigenvalue weighted by Gasteiger charge is -2.20. The van der Waals surface area contributed by atoms with Crippen LogP contribution in [0.2, 0.25) is 0 Å². The summed E-state index contributed by atoms with van der Waals surface area (Å²) < 4.78 is 10.0. The van der Waals surface area contributed by atoms with E-state index >= 15 is 0 Å². The molecule has 0 saturated heterocycles. The molecule has 1 aliphatic rings. The van der Waals surface area contributed by atoms with E-state index in [1.54, 1.807) is 6.07 Å². The Morgan fingerprint density at radius 2 is 2.25 bits per heavy atom. The highest BCUT2D eigenvalue weighted by molar-refractivity contribution is 5.91. The van der Waals surface area contributed by atoms with Gasteiger partial charge in [0.2, 0.25) is 0 Å². The van der Waals surface area contributed by atoms with E-state index in [0.29, 0.717) is 12.8 Å². The molecule has 6 heteroatoms. The first kappa shape index (κ1) is 14.3. The normalized spacial score (nSPS) is 18.6. The van der Waals surface area contributed by atoms with Gasteiger partial charge in [0.25, 0.3) is 5.91 Å². The predicted octanol–water partition coefficient (Wildman–Crippen LogP) is 1.45. The number of Topliss-reactive ketones (excluding diaryl/α,β-unsaturated/α-hetero) is 1. The summed E-state index contributed by atoms with van der Waals surface area (Å²) in [6, 6.07) is 3.15. The monoisotopic (exact) mass is 279 g/mol. The first-order chi connectivity index (χ1) is 9.66. The Bertz CT molecular complexity index is 480. The van der Waals surface area contributed by atoms with Gasteiger partial charge < -0.3 is 14.5 Å². The fourth-order valence-corrected chi connectivity index (χ4v) is 2.07. The number of carbonyl (C=O) groups is 3. The molecule has 1 fully saturated rings. The second-order valence-electron chi connectivity index (χ2n) is 4.67. The Morgan fingerprint density at radius 3 is 2.95 bits per heavy atom. The van der Waals surface area contributed by atoms with E-state index in [1.165, 1.54) is 12.3 Å². The molecule has 6 nitrogen and oxygen atoms in total. The summed E-state index contributed by atoms with van der Waals surface area (Å²) in [6.45, 7) is 0.152. The maximum absolute atomic E-state index is 11.6. The number of ketones is 1. The third kappa shape index (κ3) is 3.94. The fourth-order valence-electron chi connectivity index (χ4n) is 2.07. The molecule has 0 aromatic carbocycles. The molecular formula is C14H17NO5. The molecule has 1 amide bonds. The van der Waals surface area contributed by atoms with E-state index in [9.17, 15) is 14.4 Å². The minimum atomic E-state index is -0.600. The van der Waals surface area contributed by atoms with Crippen molar-refractivity contribution >= 4 is 17.7 Å². The average Bonchev–Trinajstić information content (AvgIpc) is 2.95. The molecule has 0 unspecified atom stereocenters. The van der Waals surface area contributed by atoms with Gasteiger partial charge in [0, 0.05) is 13.0 Å². The second-order valence-corrected chi connectivity index (χ2v) is 4.67. The number of amides is 1. The number of hydrogen-bond donors (Lipinski definition) is 1. The molecule has 1 N–H and O–H groups in total. The fraction of sp³-hybridized carbons (Fsp3) is 0.500. The highest BCUT2D eigenvalue weighted by Crippen LogP contribution is 2.17. The SMILES string of the molecule is O=C(CCNC(=O)c1ccco1)O[C@H]1CCCCC1=O. The molecule has 0 spiro atoms. The quantitative estimate of drug-likeness (QED) is 0.824. The van der Waals surface area contributed by atoms with Crippen molar-refractivity contribution in [2.24, 2.45) is 0 Å². The van der Waals surface area contributed by atoms with Crippen LogP contribution in [0.1, 0.15) is 42.7 Å². The molecule has 2 rings (SSSR count). The zero-order valence-corrected chi connectivity index (χ0v) is 11.1. The molecule has 20 heavy (non-hydrogen) atoms. The number of rotatable bonds is 5. The van der Waals surface area contributed by atoms with E-state index in [4.69, 9.17) is 9.15 Å². The second kappa shape index (κ2) is 6.88. The predicted molar refractivity (Wildman–Crippen MR) is 69.0 cm³/mol. The van der Waals surface area contributed by atoms with Gasteiger partial charge in [0.15, 0.2) is 17.6 Å². The molecule has 1 atom stereocenters. The van der Waals surface area contributed by atoms with Crippen LogP contribution in [0.5, 0.6) is 0 Å². The van der Waals surface area contributed by atoms with Crippen LogP contribution in [0.15, 0.2) is 22.8 Å². The highest BCUT2D eigenvalue weighted by atomic mass is 16.5. The Labute approximate surface area is 116 Å². The van der Waals surface area contributed by atoms with Gasteiger partial charge in [-0.25, -0.2) is 0 Å². The smallest absolute Gasteiger partial charge is 0.308 e. The molecule has 1 aromatic heterocycles. The minimum Gasteiger partial charge on any atom is -0.459 e. The van der Waals surface area contributed by atoms with Gasteiger partial charge in [-0.1, -0.05) is 0 Å². The molecule has 1 aliphatic carbocycles. The van der Waals surface area contributed by atoms with Gasteiger partial charge in [-0.2, -0.15) is 0 Å². The van der Waals surface area contributed by atoms with Crippen molar-refractivity contribution in [1.29, 1.82) is 0 Å². The van der Waals surface area contributed by atoms with Gasteiger partial charge >= 0.3 is 5.97 Å². The lowest BCUT2D eigenvalue weighted by Crippen LogP contribution is -2.32. The van der Waals surface area contributed by atoms with Crippen LogP contribution in [-0.4, -0.2) is 30.3 Å². The average molecular weight is 279 g/mol. The van der Waals surface area contributed by atoms with E-state index < -0.39 is 12.1 Å². The molecule has 1 heterocycles. The van der Waals surface area contributed by atoms with Crippen LogP contribution < -0.4 is 5.32 Å². The van der Waals surface area contributed by atoms with Crippen LogP contribution in [0.25, 0.3) is 0 Å². The Balaban J connectivity index is 1.67. The maximum Gasteiger partial charge on any atom is 0.308 e. The summed E-state index contributed by atoms with van der Waals surface area (Å²) >= 11 is 0. The van der Waals surface area contributed by atoms with Crippen LogP contribution in [0, 0.1) is 0 Å². The zero-order chi connectivity index (χ0) is 14.4. The maximum atomic E-state index is 11.6. The van der Waals surface area contributed by atoms with Crippen molar-refractivity contribution in [2.75, 3.05) is 6.54 Å². The third-order valence-corrected chi connectivity index (χ3v) is 3.13. The largest absolute Gasteiger partial charge is 0.459 e. The summed E-state index contributed by atoms with van der Waals surface area (Å²) in [4.78, 5) is 34.6. The first-order valence-corrected chi connectivity index (χ1v) is 6.70. The van der Waals surface area contributed by atoms with Gasteiger partial charge in [-0.15, -0.1) is 0 Å². The van der Waals surface area contributed by atoms with Gasteiger partial charge in [0.1, 0.15) is 0 Å². The standard InChI is InChI=1S/C14H17NO5/c16-10-4-1-2-5-11(10)20-13(17)7-8-15-14(18)12-6-3-9-19-12/h3,6,9,11H,1-2,4-5,7-8H2,(H,15,18)/t11-/m0/s1.